The molecule has 0 spiro atoms. The molecule has 4 aromatic rings. The van der Waals surface area contributed by atoms with Crippen LogP contribution in [0.3, 0.4) is 0 Å². The molecule has 12 nitrogen and oxygen atoms in total. The molecule has 43 heavy (non-hydrogen) atoms. The maximum absolute atomic E-state index is 12.8. The summed E-state index contributed by atoms with van der Waals surface area (Å²) in [5, 5.41) is 29.1. The number of anilines is 1. The lowest BCUT2D eigenvalue weighted by molar-refractivity contribution is 0.0886. The SMILES string of the molecule is CC1(NC(=O)c2ncccc2Cl)CCN(c2ccc(-c3cc(OCC4(NC(=O)O)CC4)cn4ncc(C#N)c34)cn2)CC1. The Morgan fingerprint density at radius 1 is 1.14 bits per heavy atom. The minimum absolute atomic E-state index is 0.192. The lowest BCUT2D eigenvalue weighted by Crippen LogP contribution is -2.53. The molecular weight excluding hydrogens is 572 g/mol. The van der Waals surface area contributed by atoms with Gasteiger partial charge in [0.2, 0.25) is 0 Å². The van der Waals surface area contributed by atoms with Crippen LogP contribution in [0.2, 0.25) is 5.02 Å². The van der Waals surface area contributed by atoms with Crippen molar-refractivity contribution in [2.24, 2.45) is 0 Å². The summed E-state index contributed by atoms with van der Waals surface area (Å²) in [5.74, 6) is 1.02. The van der Waals surface area contributed by atoms with Crippen LogP contribution in [-0.2, 0) is 0 Å². The molecule has 4 aromatic heterocycles. The van der Waals surface area contributed by atoms with Gasteiger partial charge in [-0.05, 0) is 62.9 Å². The molecule has 0 aromatic carbocycles. The molecule has 5 heterocycles. The number of rotatable bonds is 8. The summed E-state index contributed by atoms with van der Waals surface area (Å²) in [6.45, 7) is 3.61. The van der Waals surface area contributed by atoms with Crippen LogP contribution < -0.4 is 20.3 Å². The molecule has 2 fully saturated rings. The number of nitrogens with zero attached hydrogens (tertiary/aromatic N) is 6. The number of pyridine rings is 3. The monoisotopic (exact) mass is 600 g/mol. The predicted octanol–water partition coefficient (Wildman–Crippen LogP) is 4.28. The Morgan fingerprint density at radius 3 is 2.58 bits per heavy atom. The van der Waals surface area contributed by atoms with E-state index in [4.69, 9.17) is 26.4 Å². The highest BCUT2D eigenvalue weighted by Crippen LogP contribution is 2.37. The lowest BCUT2D eigenvalue weighted by atomic mass is 9.89. The standard InChI is InChI=1S/C30H29ClN8O4/c1-29(36-27(40)25-23(31)3-2-10-33-25)8-11-38(12-9-29)24-5-4-19(15-34-24)22-13-21(17-39-26(22)20(14-32)16-35-39)43-18-30(6-7-30)37-28(41)42/h2-5,10,13,15-17,37H,6-9,11-12,18H2,1H3,(H,36,40)(H,41,42). The number of aromatic nitrogens is 4. The maximum atomic E-state index is 12.8. The minimum Gasteiger partial charge on any atom is -0.490 e. The number of carbonyl (C=O) groups excluding carboxylic acids is 1. The maximum Gasteiger partial charge on any atom is 0.405 e. The summed E-state index contributed by atoms with van der Waals surface area (Å²) >= 11 is 6.16. The fourth-order valence-corrected chi connectivity index (χ4v) is 5.56. The molecule has 1 saturated carbocycles. The average molecular weight is 601 g/mol. The first-order valence-corrected chi connectivity index (χ1v) is 14.3. The number of halogens is 1. The van der Waals surface area contributed by atoms with Crippen molar-refractivity contribution in [3.63, 3.8) is 0 Å². The predicted molar refractivity (Wildman–Crippen MR) is 158 cm³/mol. The van der Waals surface area contributed by atoms with Crippen molar-refractivity contribution in [1.29, 1.82) is 5.26 Å². The van der Waals surface area contributed by atoms with Crippen LogP contribution in [0.25, 0.3) is 16.6 Å². The zero-order chi connectivity index (χ0) is 30.2. The second-order valence-corrected chi connectivity index (χ2v) is 11.7. The topological polar surface area (TPSA) is 158 Å². The third-order valence-electron chi connectivity index (χ3n) is 8.09. The van der Waals surface area contributed by atoms with Gasteiger partial charge in [-0.15, -0.1) is 0 Å². The Labute approximate surface area is 252 Å². The van der Waals surface area contributed by atoms with Crippen LogP contribution in [0.4, 0.5) is 10.6 Å². The van der Waals surface area contributed by atoms with Crippen molar-refractivity contribution < 1.29 is 19.4 Å². The van der Waals surface area contributed by atoms with Gasteiger partial charge in [0.15, 0.2) is 0 Å². The molecule has 1 aliphatic heterocycles. The normalized spacial score (nSPS) is 16.7. The molecule has 13 heteroatoms. The first-order valence-electron chi connectivity index (χ1n) is 13.9. The number of nitriles is 1. The summed E-state index contributed by atoms with van der Waals surface area (Å²) in [5.41, 5.74) is 1.79. The smallest absolute Gasteiger partial charge is 0.405 e. The van der Waals surface area contributed by atoms with E-state index in [0.717, 1.165) is 16.9 Å². The molecule has 2 aliphatic rings. The van der Waals surface area contributed by atoms with Gasteiger partial charge in [0.05, 0.1) is 34.0 Å². The van der Waals surface area contributed by atoms with E-state index in [2.05, 4.69) is 31.7 Å². The molecule has 1 saturated heterocycles. The Morgan fingerprint density at radius 2 is 1.93 bits per heavy atom. The first kappa shape index (κ1) is 28.2. The fraction of sp³-hybridized carbons (Fsp3) is 0.333. The molecule has 0 bridgehead atoms. The number of nitrogens with one attached hydrogen (secondary N) is 2. The van der Waals surface area contributed by atoms with Gasteiger partial charge in [0, 0.05) is 42.1 Å². The molecule has 3 N–H and O–H groups in total. The fourth-order valence-electron chi connectivity index (χ4n) is 5.36. The van der Waals surface area contributed by atoms with Crippen LogP contribution in [-0.4, -0.2) is 67.5 Å². The van der Waals surface area contributed by atoms with E-state index in [-0.39, 0.29) is 18.2 Å². The van der Waals surface area contributed by atoms with Gasteiger partial charge in [0.1, 0.15) is 29.9 Å². The number of ether oxygens (including phenoxy) is 1. The average Bonchev–Trinajstić information content (AvgIpc) is 3.62. The zero-order valence-corrected chi connectivity index (χ0v) is 24.1. The highest BCUT2D eigenvalue weighted by atomic mass is 35.5. The van der Waals surface area contributed by atoms with Crippen molar-refractivity contribution in [3.8, 4) is 22.9 Å². The highest BCUT2D eigenvalue weighted by Gasteiger charge is 2.45. The zero-order valence-electron chi connectivity index (χ0n) is 23.4. The summed E-state index contributed by atoms with van der Waals surface area (Å²) in [7, 11) is 0. The molecule has 220 valence electrons. The van der Waals surface area contributed by atoms with Crippen LogP contribution >= 0.6 is 11.6 Å². The van der Waals surface area contributed by atoms with E-state index in [1.165, 1.54) is 6.20 Å². The number of piperidine rings is 1. The summed E-state index contributed by atoms with van der Waals surface area (Å²) < 4.78 is 7.60. The van der Waals surface area contributed by atoms with E-state index >= 15 is 0 Å². The van der Waals surface area contributed by atoms with Crippen molar-refractivity contribution in [2.75, 3.05) is 24.6 Å². The minimum atomic E-state index is -1.08. The first-order chi connectivity index (χ1) is 20.7. The van der Waals surface area contributed by atoms with Crippen LogP contribution in [0.1, 0.15) is 48.7 Å². The van der Waals surface area contributed by atoms with E-state index < -0.39 is 17.2 Å². The van der Waals surface area contributed by atoms with Gasteiger partial charge in [-0.1, -0.05) is 11.6 Å². The van der Waals surface area contributed by atoms with Gasteiger partial charge in [-0.3, -0.25) is 4.79 Å². The molecule has 0 radical (unpaired) electrons. The Balaban J connectivity index is 1.17. The van der Waals surface area contributed by atoms with Crippen molar-refractivity contribution in [3.05, 3.63) is 71.4 Å². The summed E-state index contributed by atoms with van der Waals surface area (Å²) in [6, 6.07) is 11.2. The van der Waals surface area contributed by atoms with Gasteiger partial charge in [-0.2, -0.15) is 10.4 Å². The van der Waals surface area contributed by atoms with Crippen molar-refractivity contribution in [1.82, 2.24) is 30.2 Å². The van der Waals surface area contributed by atoms with Gasteiger partial charge >= 0.3 is 6.09 Å². The van der Waals surface area contributed by atoms with Crippen molar-refractivity contribution in [2.45, 2.75) is 43.7 Å². The van der Waals surface area contributed by atoms with Crippen LogP contribution in [0.15, 0.2) is 55.1 Å². The largest absolute Gasteiger partial charge is 0.490 e. The van der Waals surface area contributed by atoms with E-state index in [9.17, 15) is 14.9 Å². The van der Waals surface area contributed by atoms with E-state index in [1.807, 2.05) is 25.1 Å². The lowest BCUT2D eigenvalue weighted by Gasteiger charge is -2.40. The van der Waals surface area contributed by atoms with Crippen LogP contribution in [0, 0.1) is 11.3 Å². The molecule has 0 unspecified atom stereocenters. The Hall–Kier alpha value is -4.89. The molecule has 2 amide bonds. The number of carboxylic acid groups (broad SMARTS) is 1. The molecule has 0 atom stereocenters. The second-order valence-electron chi connectivity index (χ2n) is 11.3. The van der Waals surface area contributed by atoms with Gasteiger partial charge < -0.3 is 25.4 Å². The Bertz CT molecular complexity index is 1740. The quantitative estimate of drug-likeness (QED) is 0.268. The number of amides is 2. The number of hydrogen-bond acceptors (Lipinski definition) is 8. The molecular formula is C30H29ClN8O4. The van der Waals surface area contributed by atoms with Crippen LogP contribution in [0.5, 0.6) is 5.75 Å². The Kier molecular flexibility index (Phi) is 7.27. The molecule has 6 rings (SSSR count). The molecule has 1 aliphatic carbocycles. The van der Waals surface area contributed by atoms with E-state index in [1.54, 1.807) is 35.2 Å². The van der Waals surface area contributed by atoms with Gasteiger partial charge in [-0.25, -0.2) is 19.3 Å². The summed E-state index contributed by atoms with van der Waals surface area (Å²) in [4.78, 5) is 35.0. The second kappa shape index (κ2) is 11.1. The number of hydrogen-bond donors (Lipinski definition) is 3. The third-order valence-corrected chi connectivity index (χ3v) is 8.39. The van der Waals surface area contributed by atoms with Crippen molar-refractivity contribution >= 4 is 34.9 Å². The summed E-state index contributed by atoms with van der Waals surface area (Å²) in [6.07, 6.45) is 8.27. The van der Waals surface area contributed by atoms with E-state index in [0.29, 0.717) is 60.6 Å². The highest BCUT2D eigenvalue weighted by molar-refractivity contribution is 6.33. The van der Waals surface area contributed by atoms with Gasteiger partial charge in [0.25, 0.3) is 5.91 Å². The third kappa shape index (κ3) is 5.89. The number of carbonyl (C=O) groups is 2. The number of fused-ring (bicyclic) bond motifs is 1.